The SMILES string of the molecule is CC(C)c1nc(N(C)S(=O)(=O)CC(C)(C)O)nc(-c2ccc(F)cc2)c1/C=C/C(O)CC(O)CC(=O)OC(C)(C)C. The van der Waals surface area contributed by atoms with Crippen LogP contribution in [0.1, 0.15) is 78.5 Å². The molecule has 0 amide bonds. The third-order valence-electron chi connectivity index (χ3n) is 5.68. The van der Waals surface area contributed by atoms with E-state index in [0.717, 1.165) is 4.31 Å². The molecule has 0 aliphatic rings. The number of benzene rings is 1. The summed E-state index contributed by atoms with van der Waals surface area (Å²) < 4.78 is 45.9. The molecule has 0 fully saturated rings. The van der Waals surface area contributed by atoms with Gasteiger partial charge in [-0.25, -0.2) is 27.1 Å². The number of esters is 1. The second kappa shape index (κ2) is 13.4. The number of sulfonamides is 1. The van der Waals surface area contributed by atoms with Gasteiger partial charge in [0.25, 0.3) is 0 Å². The number of hydrogen-bond acceptors (Lipinski definition) is 9. The summed E-state index contributed by atoms with van der Waals surface area (Å²) in [6.45, 7) is 11.6. The predicted octanol–water partition coefficient (Wildman–Crippen LogP) is 3.80. The zero-order valence-electron chi connectivity index (χ0n) is 24.9. The van der Waals surface area contributed by atoms with Gasteiger partial charge in [0.1, 0.15) is 11.4 Å². The first-order valence-corrected chi connectivity index (χ1v) is 14.9. The molecule has 0 radical (unpaired) electrons. The van der Waals surface area contributed by atoms with E-state index < -0.39 is 51.0 Å². The van der Waals surface area contributed by atoms with Crippen molar-refractivity contribution in [3.63, 3.8) is 0 Å². The smallest absolute Gasteiger partial charge is 0.308 e. The standard InChI is InChI=1S/C29H42FN3O7S/c1-18(2)25-23(14-13-21(34)15-22(35)16-24(36)40-28(3,4)5)26(19-9-11-20(30)12-10-19)32-27(31-25)33(8)41(38,39)17-29(6,7)37/h9-14,18,21-22,34-35,37H,15-17H2,1-8H3/b14-13+. The Bertz CT molecular complexity index is 1330. The minimum Gasteiger partial charge on any atom is -0.460 e. The molecule has 2 rings (SSSR count). The molecule has 0 aliphatic carbocycles. The van der Waals surface area contributed by atoms with Gasteiger partial charge in [0, 0.05) is 24.6 Å². The molecule has 0 spiro atoms. The highest BCUT2D eigenvalue weighted by Crippen LogP contribution is 2.32. The molecule has 3 N–H and O–H groups in total. The summed E-state index contributed by atoms with van der Waals surface area (Å²) in [6.07, 6.45) is 0.249. The maximum absolute atomic E-state index is 13.7. The Labute approximate surface area is 242 Å². The van der Waals surface area contributed by atoms with Gasteiger partial charge >= 0.3 is 5.97 Å². The molecule has 1 heterocycles. The van der Waals surface area contributed by atoms with Crippen LogP contribution < -0.4 is 4.31 Å². The van der Waals surface area contributed by atoms with Crippen molar-refractivity contribution in [3.8, 4) is 11.3 Å². The van der Waals surface area contributed by atoms with Gasteiger partial charge in [-0.2, -0.15) is 0 Å². The highest BCUT2D eigenvalue weighted by atomic mass is 32.2. The molecule has 1 aromatic heterocycles. The minimum atomic E-state index is -4.02. The van der Waals surface area contributed by atoms with Gasteiger partial charge in [0.2, 0.25) is 16.0 Å². The van der Waals surface area contributed by atoms with E-state index in [-0.39, 0.29) is 24.7 Å². The van der Waals surface area contributed by atoms with Crippen molar-refractivity contribution >= 4 is 28.0 Å². The Kier molecular flexibility index (Phi) is 11.2. The first-order valence-electron chi connectivity index (χ1n) is 13.3. The highest BCUT2D eigenvalue weighted by molar-refractivity contribution is 7.92. The van der Waals surface area contributed by atoms with Gasteiger partial charge in [-0.15, -0.1) is 0 Å². The van der Waals surface area contributed by atoms with E-state index in [1.54, 1.807) is 26.8 Å². The third-order valence-corrected chi connectivity index (χ3v) is 7.75. The summed E-state index contributed by atoms with van der Waals surface area (Å²) in [4.78, 5) is 21.1. The van der Waals surface area contributed by atoms with E-state index in [4.69, 9.17) is 4.74 Å². The molecule has 12 heteroatoms. The van der Waals surface area contributed by atoms with Crippen molar-refractivity contribution in [2.24, 2.45) is 0 Å². The molecule has 0 saturated heterocycles. The number of aliphatic hydroxyl groups is 3. The van der Waals surface area contributed by atoms with Crippen molar-refractivity contribution in [1.82, 2.24) is 9.97 Å². The third kappa shape index (κ3) is 10.8. The van der Waals surface area contributed by atoms with Gasteiger partial charge in [0.05, 0.1) is 41.4 Å². The number of carbonyl (C=O) groups is 1. The first-order chi connectivity index (χ1) is 18.7. The Morgan fingerprint density at radius 3 is 2.20 bits per heavy atom. The number of halogens is 1. The number of rotatable bonds is 12. The number of nitrogens with zero attached hydrogens (tertiary/aromatic N) is 3. The van der Waals surface area contributed by atoms with Crippen LogP contribution in [-0.4, -0.2) is 75.9 Å². The Morgan fingerprint density at radius 1 is 1.10 bits per heavy atom. The van der Waals surface area contributed by atoms with Crippen LogP contribution in [0.2, 0.25) is 0 Å². The van der Waals surface area contributed by atoms with Crippen LogP contribution in [0, 0.1) is 5.82 Å². The Morgan fingerprint density at radius 2 is 1.68 bits per heavy atom. The van der Waals surface area contributed by atoms with Crippen LogP contribution in [0.5, 0.6) is 0 Å². The van der Waals surface area contributed by atoms with Crippen LogP contribution in [0.4, 0.5) is 10.3 Å². The summed E-state index contributed by atoms with van der Waals surface area (Å²) in [5, 5.41) is 31.0. The molecule has 10 nitrogen and oxygen atoms in total. The van der Waals surface area contributed by atoms with Gasteiger partial charge < -0.3 is 20.1 Å². The molecule has 2 aromatic rings. The van der Waals surface area contributed by atoms with E-state index in [2.05, 4.69) is 9.97 Å². The van der Waals surface area contributed by atoms with Crippen molar-refractivity contribution < 1.29 is 37.7 Å². The van der Waals surface area contributed by atoms with E-state index in [1.807, 2.05) is 13.8 Å². The summed E-state index contributed by atoms with van der Waals surface area (Å²) in [5.74, 6) is -1.99. The molecule has 0 saturated carbocycles. The molecular weight excluding hydrogens is 553 g/mol. The van der Waals surface area contributed by atoms with Crippen LogP contribution in [0.3, 0.4) is 0 Å². The fourth-order valence-corrected chi connectivity index (χ4v) is 5.36. The summed E-state index contributed by atoms with van der Waals surface area (Å²) >= 11 is 0. The number of hydrogen-bond donors (Lipinski definition) is 3. The lowest BCUT2D eigenvalue weighted by Crippen LogP contribution is -2.39. The van der Waals surface area contributed by atoms with E-state index >= 15 is 0 Å². The van der Waals surface area contributed by atoms with E-state index in [0.29, 0.717) is 22.5 Å². The summed E-state index contributed by atoms with van der Waals surface area (Å²) in [7, 11) is -2.73. The Balaban J connectivity index is 2.52. The first kappa shape index (κ1) is 34.3. The zero-order valence-corrected chi connectivity index (χ0v) is 25.7. The molecule has 0 bridgehead atoms. The van der Waals surface area contributed by atoms with Gasteiger partial charge in [-0.05, 0) is 64.8 Å². The topological polar surface area (TPSA) is 150 Å². The average Bonchev–Trinajstić information content (AvgIpc) is 2.79. The molecule has 1 aromatic carbocycles. The lowest BCUT2D eigenvalue weighted by molar-refractivity contribution is -0.157. The predicted molar refractivity (Wildman–Crippen MR) is 156 cm³/mol. The quantitative estimate of drug-likeness (QED) is 0.311. The maximum atomic E-state index is 13.7. The Hall–Kier alpha value is -2.93. The number of ether oxygens (including phenoxy) is 1. The van der Waals surface area contributed by atoms with E-state index in [9.17, 15) is 32.9 Å². The van der Waals surface area contributed by atoms with Crippen molar-refractivity contribution in [3.05, 3.63) is 47.4 Å². The second-order valence-electron chi connectivity index (χ2n) is 12.0. The average molecular weight is 596 g/mol. The van der Waals surface area contributed by atoms with Gasteiger partial charge in [-0.1, -0.05) is 26.0 Å². The molecule has 2 atom stereocenters. The maximum Gasteiger partial charge on any atom is 0.308 e. The number of aliphatic hydroxyl groups excluding tert-OH is 2. The van der Waals surface area contributed by atoms with Crippen molar-refractivity contribution in [2.45, 2.75) is 90.6 Å². The molecular formula is C29H42FN3O7S. The van der Waals surface area contributed by atoms with Crippen LogP contribution >= 0.6 is 0 Å². The fourth-order valence-electron chi connectivity index (χ4n) is 3.94. The monoisotopic (exact) mass is 595 g/mol. The number of anilines is 1. The van der Waals surface area contributed by atoms with E-state index in [1.165, 1.54) is 51.2 Å². The summed E-state index contributed by atoms with van der Waals surface area (Å²) in [5.41, 5.74) is -0.513. The van der Waals surface area contributed by atoms with Gasteiger partial charge in [0.15, 0.2) is 0 Å². The lowest BCUT2D eigenvalue weighted by Gasteiger charge is -2.25. The minimum absolute atomic E-state index is 0.136. The molecule has 41 heavy (non-hydrogen) atoms. The molecule has 228 valence electrons. The van der Waals surface area contributed by atoms with Crippen molar-refractivity contribution in [1.29, 1.82) is 0 Å². The molecule has 2 unspecified atom stereocenters. The number of aromatic nitrogens is 2. The highest BCUT2D eigenvalue weighted by Gasteiger charge is 2.30. The lowest BCUT2D eigenvalue weighted by atomic mass is 9.97. The van der Waals surface area contributed by atoms with Crippen LogP contribution in [-0.2, 0) is 19.6 Å². The second-order valence-corrected chi connectivity index (χ2v) is 14.0. The fraction of sp³-hybridized carbons (Fsp3) is 0.552. The van der Waals surface area contributed by atoms with Gasteiger partial charge in [-0.3, -0.25) is 4.79 Å². The van der Waals surface area contributed by atoms with Crippen molar-refractivity contribution in [2.75, 3.05) is 17.1 Å². The van der Waals surface area contributed by atoms with Crippen LogP contribution in [0.15, 0.2) is 30.3 Å². The van der Waals surface area contributed by atoms with Crippen LogP contribution in [0.25, 0.3) is 17.3 Å². The normalized spacial score (nSPS) is 14.4. The largest absolute Gasteiger partial charge is 0.460 e. The summed E-state index contributed by atoms with van der Waals surface area (Å²) in [6, 6.07) is 5.48. The number of carbonyl (C=O) groups excluding carboxylic acids is 1. The molecule has 0 aliphatic heterocycles. The zero-order chi connectivity index (χ0) is 31.3.